The lowest BCUT2D eigenvalue weighted by atomic mass is 10.00. The van der Waals surface area contributed by atoms with E-state index in [0.29, 0.717) is 17.8 Å². The lowest BCUT2D eigenvalue weighted by Crippen LogP contribution is -1.96. The van der Waals surface area contributed by atoms with Gasteiger partial charge in [-0.1, -0.05) is 39.3 Å². The molecular weight excluding hydrogens is 386 g/mol. The summed E-state index contributed by atoms with van der Waals surface area (Å²) >= 11 is 11.6. The molecule has 0 saturated heterocycles. The second-order valence-electron chi connectivity index (χ2n) is 7.06. The summed E-state index contributed by atoms with van der Waals surface area (Å²) in [6.07, 6.45) is 2.14. The van der Waals surface area contributed by atoms with Crippen molar-refractivity contribution in [3.8, 4) is 0 Å². The molecule has 3 rings (SSSR count). The van der Waals surface area contributed by atoms with E-state index in [2.05, 4.69) is 55.6 Å². The first-order chi connectivity index (χ1) is 11.9. The molecule has 5 heteroatoms. The Morgan fingerprint density at radius 1 is 1.00 bits per heavy atom. The van der Waals surface area contributed by atoms with Crippen LogP contribution in [0.2, 0.25) is 5.02 Å². The standard InChI is InChI=1S/C20H24ClNS3/c1-12(2)19-9-16(25-22-19)8-14(4)20-6-5-15(24-20)7-13(3)17-10-23-11-18(17)21/h5-6,9-14H,7-8H2,1-4H3. The topological polar surface area (TPSA) is 12.9 Å². The van der Waals surface area contributed by atoms with Crippen molar-refractivity contribution < 1.29 is 0 Å². The molecule has 0 fully saturated rings. The van der Waals surface area contributed by atoms with Crippen LogP contribution in [0.15, 0.2) is 29.0 Å². The van der Waals surface area contributed by atoms with Gasteiger partial charge >= 0.3 is 0 Å². The van der Waals surface area contributed by atoms with Crippen molar-refractivity contribution in [1.82, 2.24) is 4.37 Å². The molecule has 0 aromatic carbocycles. The first-order valence-corrected chi connectivity index (χ1v) is 11.6. The molecule has 0 radical (unpaired) electrons. The molecule has 0 aliphatic carbocycles. The maximum Gasteiger partial charge on any atom is 0.0570 e. The molecule has 0 bridgehead atoms. The zero-order valence-corrected chi connectivity index (χ0v) is 18.3. The highest BCUT2D eigenvalue weighted by molar-refractivity contribution is 7.12. The molecule has 25 heavy (non-hydrogen) atoms. The Kier molecular flexibility index (Phi) is 6.37. The van der Waals surface area contributed by atoms with Gasteiger partial charge in [-0.25, -0.2) is 0 Å². The predicted molar refractivity (Wildman–Crippen MR) is 114 cm³/mol. The van der Waals surface area contributed by atoms with Crippen molar-refractivity contribution in [2.45, 2.75) is 58.3 Å². The smallest absolute Gasteiger partial charge is 0.0570 e. The number of hydrogen-bond donors (Lipinski definition) is 0. The molecule has 0 amide bonds. The molecule has 0 saturated carbocycles. The van der Waals surface area contributed by atoms with E-state index in [0.717, 1.165) is 17.9 Å². The van der Waals surface area contributed by atoms with Gasteiger partial charge in [-0.15, -0.1) is 11.3 Å². The molecular formula is C20H24ClNS3. The molecule has 134 valence electrons. The number of aromatic nitrogens is 1. The van der Waals surface area contributed by atoms with Crippen LogP contribution in [0.3, 0.4) is 0 Å². The summed E-state index contributed by atoms with van der Waals surface area (Å²) in [5.41, 5.74) is 2.50. The Bertz CT molecular complexity index is 814. The second-order valence-corrected chi connectivity index (χ2v) is 10.3. The molecule has 3 aromatic rings. The Balaban J connectivity index is 1.63. The van der Waals surface area contributed by atoms with E-state index in [-0.39, 0.29) is 0 Å². The number of halogens is 1. The van der Waals surface area contributed by atoms with Gasteiger partial charge in [0.25, 0.3) is 0 Å². The first kappa shape index (κ1) is 19.1. The third-order valence-corrected chi connectivity index (χ3v) is 7.90. The van der Waals surface area contributed by atoms with Gasteiger partial charge in [-0.05, 0) is 71.3 Å². The minimum atomic E-state index is 0.468. The average Bonchev–Trinajstić information content (AvgIpc) is 3.27. The maximum atomic E-state index is 6.28. The van der Waals surface area contributed by atoms with Crippen LogP contribution in [0.1, 0.15) is 71.3 Å². The quantitative estimate of drug-likeness (QED) is 0.388. The van der Waals surface area contributed by atoms with E-state index >= 15 is 0 Å². The second kappa shape index (κ2) is 8.34. The van der Waals surface area contributed by atoms with Gasteiger partial charge in [0.1, 0.15) is 0 Å². The van der Waals surface area contributed by atoms with Crippen molar-refractivity contribution in [1.29, 1.82) is 0 Å². The minimum Gasteiger partial charge on any atom is -0.197 e. The molecule has 2 atom stereocenters. The fraction of sp³-hybridized carbons (Fsp3) is 0.450. The summed E-state index contributed by atoms with van der Waals surface area (Å²) in [6, 6.07) is 6.87. The minimum absolute atomic E-state index is 0.468. The van der Waals surface area contributed by atoms with E-state index in [9.17, 15) is 0 Å². The number of hydrogen-bond acceptors (Lipinski definition) is 4. The Labute approximate surface area is 167 Å². The third kappa shape index (κ3) is 4.73. The van der Waals surface area contributed by atoms with Crippen LogP contribution in [-0.2, 0) is 12.8 Å². The van der Waals surface area contributed by atoms with Crippen LogP contribution in [0.25, 0.3) is 0 Å². The van der Waals surface area contributed by atoms with Crippen LogP contribution in [0.4, 0.5) is 0 Å². The summed E-state index contributed by atoms with van der Waals surface area (Å²) in [4.78, 5) is 4.31. The van der Waals surface area contributed by atoms with Gasteiger partial charge < -0.3 is 0 Å². The Morgan fingerprint density at radius 3 is 2.40 bits per heavy atom. The third-order valence-electron chi connectivity index (χ3n) is 4.52. The normalized spacial score (nSPS) is 14.2. The average molecular weight is 410 g/mol. The van der Waals surface area contributed by atoms with Crippen molar-refractivity contribution in [2.75, 3.05) is 0 Å². The molecule has 0 N–H and O–H groups in total. The Hall–Kier alpha value is -0.680. The lowest BCUT2D eigenvalue weighted by Gasteiger charge is -2.10. The number of rotatable bonds is 7. The van der Waals surface area contributed by atoms with Crippen LogP contribution >= 0.6 is 45.8 Å². The highest BCUT2D eigenvalue weighted by atomic mass is 35.5. The van der Waals surface area contributed by atoms with Crippen LogP contribution < -0.4 is 0 Å². The molecule has 3 aromatic heterocycles. The molecule has 0 aliphatic rings. The van der Waals surface area contributed by atoms with Gasteiger partial charge in [-0.2, -0.15) is 15.7 Å². The van der Waals surface area contributed by atoms with Crippen LogP contribution in [0, 0.1) is 0 Å². The fourth-order valence-electron chi connectivity index (χ4n) is 2.92. The van der Waals surface area contributed by atoms with Gasteiger partial charge in [-0.3, -0.25) is 0 Å². The van der Waals surface area contributed by atoms with Gasteiger partial charge in [0, 0.05) is 20.0 Å². The van der Waals surface area contributed by atoms with E-state index in [1.807, 2.05) is 16.7 Å². The Morgan fingerprint density at radius 2 is 1.76 bits per heavy atom. The van der Waals surface area contributed by atoms with E-state index in [4.69, 9.17) is 11.6 Å². The summed E-state index contributed by atoms with van der Waals surface area (Å²) in [7, 11) is 0. The van der Waals surface area contributed by atoms with E-state index in [1.54, 1.807) is 22.9 Å². The van der Waals surface area contributed by atoms with Crippen molar-refractivity contribution in [3.05, 3.63) is 59.9 Å². The fourth-order valence-corrected chi connectivity index (χ4v) is 6.39. The lowest BCUT2D eigenvalue weighted by molar-refractivity contribution is 0.772. The van der Waals surface area contributed by atoms with Gasteiger partial charge in [0.2, 0.25) is 0 Å². The molecule has 1 nitrogen and oxygen atoms in total. The summed E-state index contributed by atoms with van der Waals surface area (Å²) < 4.78 is 4.58. The number of thiophene rings is 2. The SMILES string of the molecule is CC(C)c1cc(CC(C)c2ccc(CC(C)c3cscc3Cl)s2)sn1. The summed E-state index contributed by atoms with van der Waals surface area (Å²) in [5, 5.41) is 5.12. The molecule has 0 spiro atoms. The highest BCUT2D eigenvalue weighted by Gasteiger charge is 2.16. The zero-order chi connectivity index (χ0) is 18.0. The highest BCUT2D eigenvalue weighted by Crippen LogP contribution is 2.34. The monoisotopic (exact) mass is 409 g/mol. The van der Waals surface area contributed by atoms with Crippen LogP contribution in [0.5, 0.6) is 0 Å². The van der Waals surface area contributed by atoms with Crippen molar-refractivity contribution in [3.63, 3.8) is 0 Å². The molecule has 3 heterocycles. The summed E-state index contributed by atoms with van der Waals surface area (Å²) in [6.45, 7) is 8.99. The first-order valence-electron chi connectivity index (χ1n) is 8.69. The summed E-state index contributed by atoms with van der Waals surface area (Å²) in [5.74, 6) is 1.52. The van der Waals surface area contributed by atoms with E-state index < -0.39 is 0 Å². The molecule has 0 aliphatic heterocycles. The maximum absolute atomic E-state index is 6.28. The van der Waals surface area contributed by atoms with Gasteiger partial charge in [0.05, 0.1) is 10.7 Å². The number of nitrogens with zero attached hydrogens (tertiary/aromatic N) is 1. The van der Waals surface area contributed by atoms with Crippen molar-refractivity contribution >= 4 is 45.8 Å². The largest absolute Gasteiger partial charge is 0.197 e. The van der Waals surface area contributed by atoms with E-state index in [1.165, 1.54) is 25.9 Å². The van der Waals surface area contributed by atoms with Crippen molar-refractivity contribution in [2.24, 2.45) is 0 Å². The van der Waals surface area contributed by atoms with Gasteiger partial charge in [0.15, 0.2) is 0 Å². The zero-order valence-electron chi connectivity index (χ0n) is 15.1. The molecule has 2 unspecified atom stereocenters. The predicted octanol–water partition coefficient (Wildman–Crippen LogP) is 7.74. The van der Waals surface area contributed by atoms with Crippen LogP contribution in [-0.4, -0.2) is 4.37 Å².